The molecule has 8 heteroatoms. The lowest BCUT2D eigenvalue weighted by atomic mass is 10.2. The number of hydrogen-bond acceptors (Lipinski definition) is 6. The van der Waals surface area contributed by atoms with Crippen LogP contribution in [0.3, 0.4) is 0 Å². The van der Waals surface area contributed by atoms with Gasteiger partial charge in [-0.25, -0.2) is 4.98 Å². The summed E-state index contributed by atoms with van der Waals surface area (Å²) in [7, 11) is 0. The minimum atomic E-state index is -0.663. The second-order valence-corrected chi connectivity index (χ2v) is 3.87. The molecule has 2 rings (SSSR count). The molecular formula is C12H9N3O5. The molecule has 102 valence electrons. The fraction of sp³-hybridized carbons (Fsp3) is 0.0833. The van der Waals surface area contributed by atoms with Crippen LogP contribution in [0.4, 0.5) is 11.4 Å². The van der Waals surface area contributed by atoms with Crippen LogP contribution in [0.1, 0.15) is 5.56 Å². The van der Waals surface area contributed by atoms with Gasteiger partial charge in [-0.3, -0.25) is 20.2 Å². The van der Waals surface area contributed by atoms with Gasteiger partial charge >= 0.3 is 11.4 Å². The summed E-state index contributed by atoms with van der Waals surface area (Å²) in [6.45, 7) is 1.55. The number of ether oxygens (including phenoxy) is 1. The molecule has 0 aliphatic carbocycles. The summed E-state index contributed by atoms with van der Waals surface area (Å²) < 4.78 is 5.25. The maximum Gasteiger partial charge on any atom is 0.331 e. The summed E-state index contributed by atoms with van der Waals surface area (Å²) in [5.41, 5.74) is -0.207. The predicted molar refractivity (Wildman–Crippen MR) is 68.8 cm³/mol. The van der Waals surface area contributed by atoms with Gasteiger partial charge in [-0.15, -0.1) is 0 Å². The molecule has 0 radical (unpaired) electrons. The van der Waals surface area contributed by atoms with Gasteiger partial charge in [0, 0.05) is 17.8 Å². The van der Waals surface area contributed by atoms with Crippen molar-refractivity contribution in [1.82, 2.24) is 4.98 Å². The van der Waals surface area contributed by atoms with Gasteiger partial charge in [0.1, 0.15) is 0 Å². The van der Waals surface area contributed by atoms with Crippen LogP contribution >= 0.6 is 0 Å². The summed E-state index contributed by atoms with van der Waals surface area (Å²) in [5.74, 6) is -0.372. The van der Waals surface area contributed by atoms with Gasteiger partial charge in [0.2, 0.25) is 5.75 Å². The van der Waals surface area contributed by atoms with E-state index in [1.807, 2.05) is 0 Å². The maximum atomic E-state index is 11.0. The van der Waals surface area contributed by atoms with Crippen LogP contribution in [-0.4, -0.2) is 14.8 Å². The fourth-order valence-corrected chi connectivity index (χ4v) is 1.65. The highest BCUT2D eigenvalue weighted by Crippen LogP contribution is 2.36. The van der Waals surface area contributed by atoms with Gasteiger partial charge in [-0.05, 0) is 19.1 Å². The zero-order valence-corrected chi connectivity index (χ0v) is 10.3. The number of pyridine rings is 1. The molecule has 0 atom stereocenters. The molecule has 0 aliphatic heterocycles. The van der Waals surface area contributed by atoms with Crippen molar-refractivity contribution < 1.29 is 14.6 Å². The zero-order chi connectivity index (χ0) is 14.7. The smallest absolute Gasteiger partial charge is 0.331 e. The van der Waals surface area contributed by atoms with Crippen molar-refractivity contribution in [2.45, 2.75) is 6.92 Å². The Balaban J connectivity index is 2.49. The van der Waals surface area contributed by atoms with Crippen molar-refractivity contribution in [3.63, 3.8) is 0 Å². The van der Waals surface area contributed by atoms with E-state index in [4.69, 9.17) is 4.74 Å². The predicted octanol–water partition coefficient (Wildman–Crippen LogP) is 3.00. The molecule has 0 bridgehead atoms. The Kier molecular flexibility index (Phi) is 3.56. The lowest BCUT2D eigenvalue weighted by molar-refractivity contribution is -0.388. The Morgan fingerprint density at radius 2 is 1.85 bits per heavy atom. The quantitative estimate of drug-likeness (QED) is 0.626. The summed E-state index contributed by atoms with van der Waals surface area (Å²) in [6.07, 6.45) is 1.31. The number of nitro groups is 2. The van der Waals surface area contributed by atoms with E-state index in [1.54, 1.807) is 19.1 Å². The lowest BCUT2D eigenvalue weighted by Crippen LogP contribution is -1.99. The van der Waals surface area contributed by atoms with E-state index in [0.29, 0.717) is 5.56 Å². The number of nitro benzene ring substituents is 1. The zero-order valence-electron chi connectivity index (χ0n) is 10.3. The Bertz CT molecular complexity index is 687. The second-order valence-electron chi connectivity index (χ2n) is 3.87. The molecule has 2 aromatic rings. The third-order valence-electron chi connectivity index (χ3n) is 2.54. The SMILES string of the molecule is Cc1cccc(Oc2ncccc2[N+](=O)[O-])c1[N+](=O)[O-]. The normalized spacial score (nSPS) is 10.1. The van der Waals surface area contributed by atoms with Crippen LogP contribution in [-0.2, 0) is 0 Å². The van der Waals surface area contributed by atoms with E-state index in [1.165, 1.54) is 24.4 Å². The van der Waals surface area contributed by atoms with Gasteiger partial charge in [0.25, 0.3) is 5.88 Å². The van der Waals surface area contributed by atoms with Crippen molar-refractivity contribution >= 4 is 11.4 Å². The Hall–Kier alpha value is -3.03. The summed E-state index contributed by atoms with van der Waals surface area (Å²) in [6, 6.07) is 7.08. The fourth-order valence-electron chi connectivity index (χ4n) is 1.65. The summed E-state index contributed by atoms with van der Waals surface area (Å²) in [5, 5.41) is 21.9. The first kappa shape index (κ1) is 13.4. The van der Waals surface area contributed by atoms with E-state index >= 15 is 0 Å². The molecular weight excluding hydrogens is 266 g/mol. The van der Waals surface area contributed by atoms with Crippen molar-refractivity contribution in [2.24, 2.45) is 0 Å². The van der Waals surface area contributed by atoms with Gasteiger partial charge in [0.15, 0.2) is 0 Å². The van der Waals surface area contributed by atoms with E-state index in [0.717, 1.165) is 0 Å². The first-order valence-electron chi connectivity index (χ1n) is 5.52. The van der Waals surface area contributed by atoms with Crippen molar-refractivity contribution in [3.8, 4) is 11.6 Å². The Morgan fingerprint density at radius 1 is 1.10 bits per heavy atom. The van der Waals surface area contributed by atoms with E-state index < -0.39 is 9.85 Å². The average Bonchev–Trinajstić information content (AvgIpc) is 2.38. The van der Waals surface area contributed by atoms with Gasteiger partial charge in [-0.1, -0.05) is 12.1 Å². The number of para-hydroxylation sites is 1. The molecule has 1 heterocycles. The number of aryl methyl sites for hydroxylation is 1. The second kappa shape index (κ2) is 5.31. The third kappa shape index (κ3) is 2.53. The van der Waals surface area contributed by atoms with E-state index in [2.05, 4.69) is 4.98 Å². The first-order valence-corrected chi connectivity index (χ1v) is 5.52. The highest BCUT2D eigenvalue weighted by Gasteiger charge is 2.23. The molecule has 0 saturated heterocycles. The van der Waals surface area contributed by atoms with Crippen LogP contribution in [0.5, 0.6) is 11.6 Å². The van der Waals surface area contributed by atoms with Crippen LogP contribution < -0.4 is 4.74 Å². The van der Waals surface area contributed by atoms with Crippen LogP contribution in [0.2, 0.25) is 0 Å². The van der Waals surface area contributed by atoms with Gasteiger partial charge in [0.05, 0.1) is 9.85 Å². The molecule has 0 saturated carbocycles. The number of aromatic nitrogens is 1. The van der Waals surface area contributed by atoms with Crippen molar-refractivity contribution in [2.75, 3.05) is 0 Å². The van der Waals surface area contributed by atoms with E-state index in [-0.39, 0.29) is 23.0 Å². The first-order chi connectivity index (χ1) is 9.50. The molecule has 0 unspecified atom stereocenters. The molecule has 0 aliphatic rings. The molecule has 8 nitrogen and oxygen atoms in total. The largest absolute Gasteiger partial charge is 0.426 e. The monoisotopic (exact) mass is 275 g/mol. The lowest BCUT2D eigenvalue weighted by Gasteiger charge is -2.06. The summed E-state index contributed by atoms with van der Waals surface area (Å²) in [4.78, 5) is 24.4. The average molecular weight is 275 g/mol. The maximum absolute atomic E-state index is 11.0. The molecule has 0 amide bonds. The minimum Gasteiger partial charge on any atom is -0.426 e. The topological polar surface area (TPSA) is 108 Å². The molecule has 1 aromatic carbocycles. The van der Waals surface area contributed by atoms with Gasteiger partial charge in [-0.2, -0.15) is 0 Å². The molecule has 20 heavy (non-hydrogen) atoms. The number of hydrogen-bond donors (Lipinski definition) is 0. The number of rotatable bonds is 4. The highest BCUT2D eigenvalue weighted by molar-refractivity contribution is 5.54. The Morgan fingerprint density at radius 3 is 2.50 bits per heavy atom. The van der Waals surface area contributed by atoms with Crippen LogP contribution in [0.15, 0.2) is 36.5 Å². The van der Waals surface area contributed by atoms with Crippen molar-refractivity contribution in [1.29, 1.82) is 0 Å². The number of nitrogens with zero attached hydrogens (tertiary/aromatic N) is 3. The van der Waals surface area contributed by atoms with Gasteiger partial charge < -0.3 is 4.74 Å². The molecule has 0 N–H and O–H groups in total. The molecule has 0 fully saturated rings. The van der Waals surface area contributed by atoms with Crippen LogP contribution in [0.25, 0.3) is 0 Å². The van der Waals surface area contributed by atoms with Crippen LogP contribution in [0, 0.1) is 27.2 Å². The Labute approximate surface area is 112 Å². The van der Waals surface area contributed by atoms with E-state index in [9.17, 15) is 20.2 Å². The standard InChI is InChI=1S/C12H9N3O5/c1-8-4-2-6-10(11(8)15(18)19)20-12-9(14(16)17)5-3-7-13-12/h2-7H,1H3. The molecule has 1 aromatic heterocycles. The number of benzene rings is 1. The minimum absolute atomic E-state index is 0.0863. The molecule has 0 spiro atoms. The summed E-state index contributed by atoms with van der Waals surface area (Å²) >= 11 is 0. The third-order valence-corrected chi connectivity index (χ3v) is 2.54. The highest BCUT2D eigenvalue weighted by atomic mass is 16.6. The van der Waals surface area contributed by atoms with Crippen molar-refractivity contribution in [3.05, 3.63) is 62.3 Å².